The van der Waals surface area contributed by atoms with Gasteiger partial charge in [0.1, 0.15) is 0 Å². The lowest BCUT2D eigenvalue weighted by molar-refractivity contribution is -0.143. The molecule has 0 aliphatic heterocycles. The Bertz CT molecular complexity index is 327. The van der Waals surface area contributed by atoms with Gasteiger partial charge in [0.25, 0.3) is 0 Å². The Morgan fingerprint density at radius 2 is 1.89 bits per heavy atom. The lowest BCUT2D eigenvalue weighted by atomic mass is 9.86. The number of urea groups is 1. The van der Waals surface area contributed by atoms with E-state index >= 15 is 0 Å². The molecule has 0 aromatic rings. The van der Waals surface area contributed by atoms with Crippen LogP contribution in [-0.4, -0.2) is 28.7 Å². The normalized spacial score (nSPS) is 23.7. The average molecular weight is 270 g/mol. The molecule has 3 N–H and O–H groups in total. The number of carboxylic acids is 1. The lowest BCUT2D eigenvalue weighted by Gasteiger charge is -2.31. The van der Waals surface area contributed by atoms with Crippen molar-refractivity contribution >= 4 is 12.0 Å². The molecule has 1 fully saturated rings. The first kappa shape index (κ1) is 15.8. The number of carbonyl (C=O) groups is 2. The van der Waals surface area contributed by atoms with Gasteiger partial charge in [0.2, 0.25) is 0 Å². The van der Waals surface area contributed by atoms with Crippen LogP contribution in [-0.2, 0) is 4.79 Å². The van der Waals surface area contributed by atoms with E-state index in [0.29, 0.717) is 6.42 Å². The van der Waals surface area contributed by atoms with Crippen molar-refractivity contribution in [2.24, 2.45) is 5.92 Å². The predicted molar refractivity (Wildman–Crippen MR) is 74.0 cm³/mol. The van der Waals surface area contributed by atoms with E-state index in [4.69, 9.17) is 5.11 Å². The Morgan fingerprint density at radius 3 is 2.42 bits per heavy atom. The predicted octanol–water partition coefficient (Wildman–Crippen LogP) is 2.51. The number of nitrogens with one attached hydrogen (secondary N) is 2. The lowest BCUT2D eigenvalue weighted by Crippen LogP contribution is -2.52. The Kier molecular flexibility index (Phi) is 5.63. The van der Waals surface area contributed by atoms with Crippen molar-refractivity contribution in [3.8, 4) is 0 Å². The van der Waals surface area contributed by atoms with Crippen LogP contribution in [0.25, 0.3) is 0 Å². The van der Waals surface area contributed by atoms with Gasteiger partial charge in [0.05, 0.1) is 5.92 Å². The van der Waals surface area contributed by atoms with Gasteiger partial charge >= 0.3 is 12.0 Å². The maximum atomic E-state index is 12.0. The summed E-state index contributed by atoms with van der Waals surface area (Å²) >= 11 is 0. The second-order valence-electron chi connectivity index (χ2n) is 5.76. The van der Waals surface area contributed by atoms with E-state index in [1.54, 1.807) is 0 Å². The van der Waals surface area contributed by atoms with E-state index in [9.17, 15) is 9.59 Å². The molecule has 0 bridgehead atoms. The van der Waals surface area contributed by atoms with Gasteiger partial charge in [0, 0.05) is 11.6 Å². The molecule has 5 heteroatoms. The van der Waals surface area contributed by atoms with E-state index in [1.807, 2.05) is 20.8 Å². The minimum Gasteiger partial charge on any atom is -0.481 e. The van der Waals surface area contributed by atoms with Crippen molar-refractivity contribution in [1.29, 1.82) is 0 Å². The standard InChI is InChI=1S/C14H26N2O3/c1-4-14(3,5-2)16-13(19)15-11-8-6-7-10(9-11)12(17)18/h10-11H,4-9H2,1-3H3,(H,17,18)(H2,15,16,19). The molecule has 0 spiro atoms. The molecule has 2 atom stereocenters. The van der Waals surface area contributed by atoms with Crippen molar-refractivity contribution in [1.82, 2.24) is 10.6 Å². The van der Waals surface area contributed by atoms with Gasteiger partial charge < -0.3 is 15.7 Å². The van der Waals surface area contributed by atoms with Crippen molar-refractivity contribution < 1.29 is 14.7 Å². The van der Waals surface area contributed by atoms with Crippen LogP contribution >= 0.6 is 0 Å². The van der Waals surface area contributed by atoms with E-state index < -0.39 is 5.97 Å². The van der Waals surface area contributed by atoms with Gasteiger partial charge in [-0.25, -0.2) is 4.79 Å². The summed E-state index contributed by atoms with van der Waals surface area (Å²) in [4.78, 5) is 22.9. The maximum Gasteiger partial charge on any atom is 0.315 e. The molecule has 0 aromatic carbocycles. The first-order valence-corrected chi connectivity index (χ1v) is 7.21. The van der Waals surface area contributed by atoms with Gasteiger partial charge in [0.15, 0.2) is 0 Å². The first-order valence-electron chi connectivity index (χ1n) is 7.21. The molecular weight excluding hydrogens is 244 g/mol. The minimum absolute atomic E-state index is 0.0205. The molecule has 0 saturated heterocycles. The molecule has 19 heavy (non-hydrogen) atoms. The number of rotatable bonds is 5. The number of hydrogen-bond acceptors (Lipinski definition) is 2. The number of amides is 2. The molecule has 5 nitrogen and oxygen atoms in total. The van der Waals surface area contributed by atoms with Crippen LogP contribution < -0.4 is 10.6 Å². The maximum absolute atomic E-state index is 12.0. The fourth-order valence-electron chi connectivity index (χ4n) is 2.47. The summed E-state index contributed by atoms with van der Waals surface area (Å²) in [6, 6.07) is -0.199. The van der Waals surface area contributed by atoms with Crippen LogP contribution in [0.4, 0.5) is 4.79 Å². The fraction of sp³-hybridized carbons (Fsp3) is 0.857. The third-order valence-electron chi connectivity index (χ3n) is 4.33. The van der Waals surface area contributed by atoms with Crippen LogP contribution in [0.1, 0.15) is 59.3 Å². The number of aliphatic carboxylic acids is 1. The second-order valence-corrected chi connectivity index (χ2v) is 5.76. The molecule has 0 radical (unpaired) electrons. The molecule has 2 unspecified atom stereocenters. The molecule has 1 saturated carbocycles. The molecule has 110 valence electrons. The monoisotopic (exact) mass is 270 g/mol. The Labute approximate surface area is 115 Å². The van der Waals surface area contributed by atoms with Crippen molar-refractivity contribution in [3.63, 3.8) is 0 Å². The van der Waals surface area contributed by atoms with Crippen molar-refractivity contribution in [3.05, 3.63) is 0 Å². The zero-order chi connectivity index (χ0) is 14.5. The summed E-state index contributed by atoms with van der Waals surface area (Å²) in [5, 5.41) is 14.9. The minimum atomic E-state index is -0.751. The van der Waals surface area contributed by atoms with Crippen LogP contribution in [0.15, 0.2) is 0 Å². The molecule has 1 aliphatic carbocycles. The number of carbonyl (C=O) groups excluding carboxylic acids is 1. The van der Waals surface area contributed by atoms with Gasteiger partial charge in [-0.2, -0.15) is 0 Å². The summed E-state index contributed by atoms with van der Waals surface area (Å²) in [5.74, 6) is -1.07. The highest BCUT2D eigenvalue weighted by Crippen LogP contribution is 2.24. The summed E-state index contributed by atoms with van der Waals surface area (Å²) < 4.78 is 0. The van der Waals surface area contributed by atoms with E-state index in [1.165, 1.54) is 0 Å². The zero-order valence-electron chi connectivity index (χ0n) is 12.2. The van der Waals surface area contributed by atoms with Gasteiger partial charge in [-0.05, 0) is 39.0 Å². The molecule has 1 aliphatic rings. The van der Waals surface area contributed by atoms with Crippen molar-refractivity contribution in [2.45, 2.75) is 70.9 Å². The summed E-state index contributed by atoms with van der Waals surface area (Å²) in [7, 11) is 0. The molecule has 1 rings (SSSR count). The summed E-state index contributed by atoms with van der Waals surface area (Å²) in [6.45, 7) is 6.11. The van der Waals surface area contributed by atoms with E-state index in [2.05, 4.69) is 10.6 Å². The third kappa shape index (κ3) is 4.73. The van der Waals surface area contributed by atoms with Gasteiger partial charge in [-0.15, -0.1) is 0 Å². The van der Waals surface area contributed by atoms with Crippen LogP contribution in [0.3, 0.4) is 0 Å². The largest absolute Gasteiger partial charge is 0.481 e. The molecule has 2 amide bonds. The highest BCUT2D eigenvalue weighted by molar-refractivity contribution is 5.75. The topological polar surface area (TPSA) is 78.4 Å². The van der Waals surface area contributed by atoms with Crippen LogP contribution in [0, 0.1) is 5.92 Å². The quantitative estimate of drug-likeness (QED) is 0.718. The Hall–Kier alpha value is -1.26. The fourth-order valence-corrected chi connectivity index (χ4v) is 2.47. The third-order valence-corrected chi connectivity index (χ3v) is 4.33. The number of carboxylic acid groups (broad SMARTS) is 1. The SMILES string of the molecule is CCC(C)(CC)NC(=O)NC1CCCC(C(=O)O)C1. The molecular formula is C14H26N2O3. The molecule has 0 heterocycles. The first-order chi connectivity index (χ1) is 8.90. The van der Waals surface area contributed by atoms with Crippen LogP contribution in [0.2, 0.25) is 0 Å². The van der Waals surface area contributed by atoms with E-state index in [-0.39, 0.29) is 23.5 Å². The zero-order valence-corrected chi connectivity index (χ0v) is 12.2. The Morgan fingerprint density at radius 1 is 1.26 bits per heavy atom. The Balaban J connectivity index is 2.46. The number of hydrogen-bond donors (Lipinski definition) is 3. The summed E-state index contributed by atoms with van der Waals surface area (Å²) in [5.41, 5.74) is -0.190. The van der Waals surface area contributed by atoms with Gasteiger partial charge in [-0.1, -0.05) is 20.3 Å². The van der Waals surface area contributed by atoms with Gasteiger partial charge in [-0.3, -0.25) is 4.79 Å². The highest BCUT2D eigenvalue weighted by atomic mass is 16.4. The second kappa shape index (κ2) is 6.78. The van der Waals surface area contributed by atoms with E-state index in [0.717, 1.165) is 32.1 Å². The van der Waals surface area contributed by atoms with Crippen molar-refractivity contribution in [2.75, 3.05) is 0 Å². The average Bonchev–Trinajstić information content (AvgIpc) is 2.38. The van der Waals surface area contributed by atoms with Crippen LogP contribution in [0.5, 0.6) is 0 Å². The summed E-state index contributed by atoms with van der Waals surface area (Å²) in [6.07, 6.45) is 4.74. The highest BCUT2D eigenvalue weighted by Gasteiger charge is 2.29. The molecule has 0 aromatic heterocycles. The smallest absolute Gasteiger partial charge is 0.315 e.